The van der Waals surface area contributed by atoms with Crippen LogP contribution >= 0.6 is 0 Å². The summed E-state index contributed by atoms with van der Waals surface area (Å²) in [5.74, 6) is 0.820. The molecule has 2 rings (SSSR count). The monoisotopic (exact) mass is 324 g/mol. The molecular weight excluding hydrogens is 304 g/mol. The maximum absolute atomic E-state index is 11.8. The molecule has 0 heterocycles. The van der Waals surface area contributed by atoms with Crippen LogP contribution < -0.4 is 9.47 Å². The van der Waals surface area contributed by atoms with Crippen molar-refractivity contribution >= 4 is 12.0 Å². The fraction of sp³-hybridized carbons (Fsp3) is 0.150. The van der Waals surface area contributed by atoms with Crippen LogP contribution in [0.2, 0.25) is 0 Å². The number of benzene rings is 2. The van der Waals surface area contributed by atoms with E-state index in [2.05, 4.69) is 6.58 Å². The van der Waals surface area contributed by atoms with E-state index in [-0.39, 0.29) is 5.57 Å². The van der Waals surface area contributed by atoms with Crippen LogP contribution in [0.15, 0.2) is 72.8 Å². The summed E-state index contributed by atoms with van der Waals surface area (Å²) < 4.78 is 15.7. The van der Waals surface area contributed by atoms with Gasteiger partial charge >= 0.3 is 5.97 Å². The number of hydrogen-bond donors (Lipinski definition) is 0. The number of esters is 1. The molecule has 0 amide bonds. The molecule has 0 saturated heterocycles. The van der Waals surface area contributed by atoms with E-state index in [0.717, 1.165) is 11.3 Å². The Bertz CT molecular complexity index is 702. The molecule has 0 saturated carbocycles. The molecule has 0 aliphatic carbocycles. The highest BCUT2D eigenvalue weighted by molar-refractivity contribution is 5.89. The van der Waals surface area contributed by atoms with Gasteiger partial charge in [0.05, 0.1) is 19.8 Å². The van der Waals surface area contributed by atoms with Crippen LogP contribution in [-0.2, 0) is 9.53 Å². The van der Waals surface area contributed by atoms with Gasteiger partial charge in [0.15, 0.2) is 0 Å². The third-order valence-electron chi connectivity index (χ3n) is 3.38. The highest BCUT2D eigenvalue weighted by Gasteiger charge is 2.19. The SMILES string of the molecule is C=C(C(=O)OC)[C@H](/C=C/c1ccccc1)Oc1ccc(OC)cc1. The third-order valence-corrected chi connectivity index (χ3v) is 3.38. The molecule has 1 atom stereocenters. The minimum atomic E-state index is -0.633. The minimum Gasteiger partial charge on any atom is -0.497 e. The lowest BCUT2D eigenvalue weighted by molar-refractivity contribution is -0.136. The van der Waals surface area contributed by atoms with E-state index in [1.807, 2.05) is 36.4 Å². The van der Waals surface area contributed by atoms with Crippen molar-refractivity contribution in [1.29, 1.82) is 0 Å². The fourth-order valence-corrected chi connectivity index (χ4v) is 2.04. The quantitative estimate of drug-likeness (QED) is 0.572. The second kappa shape index (κ2) is 8.58. The Morgan fingerprint density at radius 3 is 2.21 bits per heavy atom. The highest BCUT2D eigenvalue weighted by atomic mass is 16.5. The highest BCUT2D eigenvalue weighted by Crippen LogP contribution is 2.21. The van der Waals surface area contributed by atoms with Crippen molar-refractivity contribution in [1.82, 2.24) is 0 Å². The Morgan fingerprint density at radius 1 is 1.00 bits per heavy atom. The molecule has 0 aliphatic rings. The van der Waals surface area contributed by atoms with Crippen LogP contribution in [0.5, 0.6) is 11.5 Å². The van der Waals surface area contributed by atoms with Crippen LogP contribution in [0.1, 0.15) is 5.56 Å². The molecule has 0 aliphatic heterocycles. The molecule has 0 bridgehead atoms. The largest absolute Gasteiger partial charge is 0.497 e. The van der Waals surface area contributed by atoms with Gasteiger partial charge in [-0.25, -0.2) is 4.79 Å². The lowest BCUT2D eigenvalue weighted by Crippen LogP contribution is -2.22. The molecule has 0 spiro atoms. The number of ether oxygens (including phenoxy) is 3. The molecule has 0 unspecified atom stereocenters. The molecule has 2 aromatic carbocycles. The number of carbonyl (C=O) groups is 1. The van der Waals surface area contributed by atoms with Gasteiger partial charge in [-0.1, -0.05) is 43.0 Å². The first-order valence-electron chi connectivity index (χ1n) is 7.45. The molecule has 0 aromatic heterocycles. The summed E-state index contributed by atoms with van der Waals surface area (Å²) in [4.78, 5) is 11.8. The van der Waals surface area contributed by atoms with E-state index in [4.69, 9.17) is 14.2 Å². The van der Waals surface area contributed by atoms with Gasteiger partial charge in [-0.2, -0.15) is 0 Å². The lowest BCUT2D eigenvalue weighted by atomic mass is 10.1. The zero-order chi connectivity index (χ0) is 17.4. The third kappa shape index (κ3) is 4.74. The molecule has 24 heavy (non-hydrogen) atoms. The summed E-state index contributed by atoms with van der Waals surface area (Å²) in [6.45, 7) is 3.79. The molecule has 124 valence electrons. The summed E-state index contributed by atoms with van der Waals surface area (Å²) in [5.41, 5.74) is 1.22. The Kier molecular flexibility index (Phi) is 6.20. The van der Waals surface area contributed by atoms with Gasteiger partial charge in [-0.15, -0.1) is 0 Å². The van der Waals surface area contributed by atoms with Crippen molar-refractivity contribution in [3.05, 3.63) is 78.4 Å². The Hall–Kier alpha value is -3.01. The Morgan fingerprint density at radius 2 is 1.62 bits per heavy atom. The van der Waals surface area contributed by atoms with Crippen molar-refractivity contribution in [2.24, 2.45) is 0 Å². The first-order chi connectivity index (χ1) is 11.6. The van der Waals surface area contributed by atoms with E-state index in [9.17, 15) is 4.79 Å². The first kappa shape index (κ1) is 17.3. The zero-order valence-corrected chi connectivity index (χ0v) is 13.8. The lowest BCUT2D eigenvalue weighted by Gasteiger charge is -2.17. The van der Waals surface area contributed by atoms with Crippen molar-refractivity contribution in [3.63, 3.8) is 0 Å². The van der Waals surface area contributed by atoms with Gasteiger partial charge in [0.2, 0.25) is 0 Å². The van der Waals surface area contributed by atoms with E-state index in [1.165, 1.54) is 7.11 Å². The van der Waals surface area contributed by atoms with E-state index >= 15 is 0 Å². The second-order valence-corrected chi connectivity index (χ2v) is 5.00. The second-order valence-electron chi connectivity index (χ2n) is 5.00. The molecule has 2 aromatic rings. The normalized spacial score (nSPS) is 11.8. The summed E-state index contributed by atoms with van der Waals surface area (Å²) in [5, 5.41) is 0. The zero-order valence-electron chi connectivity index (χ0n) is 13.8. The minimum absolute atomic E-state index is 0.223. The van der Waals surface area contributed by atoms with Gasteiger partial charge in [0, 0.05) is 0 Å². The van der Waals surface area contributed by atoms with Crippen LogP contribution in [0.3, 0.4) is 0 Å². The van der Waals surface area contributed by atoms with Gasteiger partial charge in [-0.05, 0) is 35.9 Å². The predicted octanol–water partition coefficient (Wildman–Crippen LogP) is 3.89. The number of carbonyl (C=O) groups excluding carboxylic acids is 1. The molecule has 0 fully saturated rings. The average Bonchev–Trinajstić information content (AvgIpc) is 2.65. The van der Waals surface area contributed by atoms with Crippen LogP contribution in [-0.4, -0.2) is 26.3 Å². The molecular formula is C20H20O4. The molecule has 0 N–H and O–H groups in total. The standard InChI is InChI=1S/C20H20O4/c1-15(20(21)23-3)19(14-9-16-7-5-4-6-8-16)24-18-12-10-17(22-2)11-13-18/h4-14,19H,1H2,2-3H3/b14-9+/t19-/m0/s1. The predicted molar refractivity (Wildman–Crippen MR) is 94.0 cm³/mol. The van der Waals surface area contributed by atoms with Crippen LogP contribution in [0.25, 0.3) is 6.08 Å². The van der Waals surface area contributed by atoms with E-state index in [0.29, 0.717) is 5.75 Å². The summed E-state index contributed by atoms with van der Waals surface area (Å²) in [6, 6.07) is 16.9. The van der Waals surface area contributed by atoms with Crippen molar-refractivity contribution in [2.45, 2.75) is 6.10 Å². The smallest absolute Gasteiger partial charge is 0.337 e. The van der Waals surface area contributed by atoms with Crippen LogP contribution in [0, 0.1) is 0 Å². The van der Waals surface area contributed by atoms with Crippen molar-refractivity contribution in [3.8, 4) is 11.5 Å². The maximum atomic E-state index is 11.8. The summed E-state index contributed by atoms with van der Waals surface area (Å²) in [6.07, 6.45) is 3.02. The molecule has 4 nitrogen and oxygen atoms in total. The van der Waals surface area contributed by atoms with Gasteiger partial charge < -0.3 is 14.2 Å². The number of hydrogen-bond acceptors (Lipinski definition) is 4. The average molecular weight is 324 g/mol. The Labute approximate surface area is 142 Å². The summed E-state index contributed by atoms with van der Waals surface area (Å²) >= 11 is 0. The van der Waals surface area contributed by atoms with Gasteiger partial charge in [0.1, 0.15) is 17.6 Å². The van der Waals surface area contributed by atoms with E-state index in [1.54, 1.807) is 37.5 Å². The molecule has 4 heteroatoms. The Balaban J connectivity index is 2.20. The molecule has 0 radical (unpaired) electrons. The van der Waals surface area contributed by atoms with E-state index < -0.39 is 12.1 Å². The number of methoxy groups -OCH3 is 2. The number of rotatable bonds is 7. The van der Waals surface area contributed by atoms with Crippen molar-refractivity contribution < 1.29 is 19.0 Å². The van der Waals surface area contributed by atoms with Crippen LogP contribution in [0.4, 0.5) is 0 Å². The maximum Gasteiger partial charge on any atom is 0.337 e. The topological polar surface area (TPSA) is 44.8 Å². The first-order valence-corrected chi connectivity index (χ1v) is 7.45. The van der Waals surface area contributed by atoms with Gasteiger partial charge in [-0.3, -0.25) is 0 Å². The van der Waals surface area contributed by atoms with Crippen molar-refractivity contribution in [2.75, 3.05) is 14.2 Å². The summed E-state index contributed by atoms with van der Waals surface area (Å²) in [7, 11) is 2.92. The van der Waals surface area contributed by atoms with Gasteiger partial charge in [0.25, 0.3) is 0 Å². The fourth-order valence-electron chi connectivity index (χ4n) is 2.04.